The monoisotopic (exact) mass is 254 g/mol. The third-order valence-corrected chi connectivity index (χ3v) is 5.10. The van der Waals surface area contributed by atoms with Crippen LogP contribution in [0.25, 0.3) is 0 Å². The molecule has 2 rings (SSSR count). The van der Waals surface area contributed by atoms with E-state index in [1.165, 1.54) is 0 Å². The fourth-order valence-corrected chi connectivity index (χ4v) is 4.35. The molecule has 1 aliphatic heterocycles. The molecule has 1 aromatic rings. The van der Waals surface area contributed by atoms with Gasteiger partial charge in [0.25, 0.3) is 0 Å². The highest BCUT2D eigenvalue weighted by atomic mass is 32.2. The summed E-state index contributed by atoms with van der Waals surface area (Å²) in [7, 11) is -0.956. The summed E-state index contributed by atoms with van der Waals surface area (Å²) in [6, 6.07) is 2.15. The van der Waals surface area contributed by atoms with E-state index < -0.39 is 9.84 Å². The summed E-state index contributed by atoms with van der Waals surface area (Å²) in [5, 5.41) is 3.22. The van der Waals surface area contributed by atoms with Gasteiger partial charge in [-0.1, -0.05) is 6.07 Å². The standard InChI is InChI=1S/C12H18N2O2S/c1-9-5-11(7-14-6-9)12(13-2)10-3-4-17(15,16)8-10/h5-7,10,12-13H,3-4,8H2,1-2H3. The molecule has 94 valence electrons. The molecular formula is C12H18N2O2S. The average Bonchev–Trinajstić information content (AvgIpc) is 2.60. The highest BCUT2D eigenvalue weighted by Gasteiger charge is 2.33. The molecule has 0 spiro atoms. The zero-order valence-electron chi connectivity index (χ0n) is 10.2. The van der Waals surface area contributed by atoms with Crippen LogP contribution in [0, 0.1) is 12.8 Å². The Morgan fingerprint density at radius 1 is 1.47 bits per heavy atom. The summed E-state index contributed by atoms with van der Waals surface area (Å²) in [5.74, 6) is 0.759. The van der Waals surface area contributed by atoms with Crippen molar-refractivity contribution in [3.8, 4) is 0 Å². The lowest BCUT2D eigenvalue weighted by atomic mass is 9.93. The molecule has 2 heterocycles. The van der Waals surface area contributed by atoms with Crippen LogP contribution in [0.4, 0.5) is 0 Å². The minimum atomic E-state index is -2.83. The fraction of sp³-hybridized carbons (Fsp3) is 0.583. The van der Waals surface area contributed by atoms with Crippen LogP contribution in [0.2, 0.25) is 0 Å². The number of aromatic nitrogens is 1. The van der Waals surface area contributed by atoms with Crippen molar-refractivity contribution in [1.29, 1.82) is 0 Å². The topological polar surface area (TPSA) is 59.1 Å². The Kier molecular flexibility index (Phi) is 3.49. The Balaban J connectivity index is 2.23. The second-order valence-corrected chi connectivity index (χ2v) is 6.95. The van der Waals surface area contributed by atoms with Gasteiger partial charge < -0.3 is 5.32 Å². The molecule has 1 fully saturated rings. The lowest BCUT2D eigenvalue weighted by Gasteiger charge is -2.22. The normalized spacial score (nSPS) is 24.7. The number of hydrogen-bond donors (Lipinski definition) is 1. The molecule has 2 unspecified atom stereocenters. The molecule has 1 saturated heterocycles. The van der Waals surface area contributed by atoms with Crippen molar-refractivity contribution in [3.05, 3.63) is 29.6 Å². The smallest absolute Gasteiger partial charge is 0.150 e. The highest BCUT2D eigenvalue weighted by molar-refractivity contribution is 7.91. The molecule has 1 aromatic heterocycles. The van der Waals surface area contributed by atoms with Crippen molar-refractivity contribution < 1.29 is 8.42 Å². The van der Waals surface area contributed by atoms with Crippen LogP contribution in [0.1, 0.15) is 23.6 Å². The third-order valence-electron chi connectivity index (χ3n) is 3.31. The summed E-state index contributed by atoms with van der Waals surface area (Å²) < 4.78 is 23.0. The van der Waals surface area contributed by atoms with Crippen LogP contribution < -0.4 is 5.32 Å². The molecule has 1 N–H and O–H groups in total. The summed E-state index contributed by atoms with van der Waals surface area (Å²) >= 11 is 0. The van der Waals surface area contributed by atoms with Gasteiger partial charge >= 0.3 is 0 Å². The van der Waals surface area contributed by atoms with Crippen LogP contribution >= 0.6 is 0 Å². The Hall–Kier alpha value is -0.940. The molecule has 5 heteroatoms. The Morgan fingerprint density at radius 3 is 2.76 bits per heavy atom. The van der Waals surface area contributed by atoms with Crippen LogP contribution in [-0.2, 0) is 9.84 Å². The quantitative estimate of drug-likeness (QED) is 0.877. The van der Waals surface area contributed by atoms with Gasteiger partial charge in [0.2, 0.25) is 0 Å². The van der Waals surface area contributed by atoms with Gasteiger partial charge in [0.1, 0.15) is 0 Å². The maximum atomic E-state index is 11.5. The number of hydrogen-bond acceptors (Lipinski definition) is 4. The van der Waals surface area contributed by atoms with E-state index in [2.05, 4.69) is 16.4 Å². The van der Waals surface area contributed by atoms with Crippen LogP contribution in [0.3, 0.4) is 0 Å². The van der Waals surface area contributed by atoms with Gasteiger partial charge in [-0.25, -0.2) is 8.42 Å². The molecule has 0 aromatic carbocycles. The van der Waals surface area contributed by atoms with Crippen molar-refractivity contribution >= 4 is 9.84 Å². The van der Waals surface area contributed by atoms with Crippen molar-refractivity contribution in [3.63, 3.8) is 0 Å². The van der Waals surface area contributed by atoms with E-state index in [4.69, 9.17) is 0 Å². The predicted octanol–water partition coefficient (Wildman–Crippen LogP) is 1.09. The largest absolute Gasteiger partial charge is 0.313 e. The van der Waals surface area contributed by atoms with Gasteiger partial charge in [-0.2, -0.15) is 0 Å². The molecule has 17 heavy (non-hydrogen) atoms. The van der Waals surface area contributed by atoms with E-state index in [9.17, 15) is 8.42 Å². The average molecular weight is 254 g/mol. The van der Waals surface area contributed by atoms with Crippen molar-refractivity contribution in [2.24, 2.45) is 5.92 Å². The molecule has 0 saturated carbocycles. The Labute approximate surface area is 102 Å². The maximum absolute atomic E-state index is 11.5. The Bertz CT molecular complexity index is 499. The second-order valence-electron chi connectivity index (χ2n) is 4.73. The molecule has 4 nitrogen and oxygen atoms in total. The lowest BCUT2D eigenvalue weighted by Crippen LogP contribution is -2.26. The van der Waals surface area contributed by atoms with Gasteiger partial charge in [0, 0.05) is 18.4 Å². The lowest BCUT2D eigenvalue weighted by molar-refractivity contribution is 0.417. The van der Waals surface area contributed by atoms with E-state index in [1.54, 1.807) is 0 Å². The molecule has 0 aliphatic carbocycles. The van der Waals surface area contributed by atoms with Crippen molar-refractivity contribution in [2.45, 2.75) is 19.4 Å². The van der Waals surface area contributed by atoms with Crippen molar-refractivity contribution in [2.75, 3.05) is 18.6 Å². The molecule has 0 bridgehead atoms. The first-order chi connectivity index (χ1) is 8.02. The number of pyridine rings is 1. The molecule has 0 radical (unpaired) electrons. The maximum Gasteiger partial charge on any atom is 0.150 e. The van der Waals surface area contributed by atoms with E-state index >= 15 is 0 Å². The van der Waals surface area contributed by atoms with E-state index in [-0.39, 0.29) is 17.7 Å². The second kappa shape index (κ2) is 4.74. The fourth-order valence-electron chi connectivity index (χ4n) is 2.51. The van der Waals surface area contributed by atoms with Gasteiger partial charge in [0.05, 0.1) is 11.5 Å². The van der Waals surface area contributed by atoms with Crippen molar-refractivity contribution in [1.82, 2.24) is 10.3 Å². The van der Waals surface area contributed by atoms with Crippen LogP contribution in [0.5, 0.6) is 0 Å². The number of nitrogens with zero attached hydrogens (tertiary/aromatic N) is 1. The predicted molar refractivity (Wildman–Crippen MR) is 67.5 cm³/mol. The minimum Gasteiger partial charge on any atom is -0.313 e. The van der Waals surface area contributed by atoms with Gasteiger partial charge in [-0.05, 0) is 37.4 Å². The third kappa shape index (κ3) is 2.84. The zero-order valence-corrected chi connectivity index (χ0v) is 11.0. The summed E-state index contributed by atoms with van der Waals surface area (Å²) in [6.07, 6.45) is 4.36. The van der Waals surface area contributed by atoms with Crippen LogP contribution in [-0.4, -0.2) is 32.0 Å². The number of sulfone groups is 1. The highest BCUT2D eigenvalue weighted by Crippen LogP contribution is 2.31. The van der Waals surface area contributed by atoms with E-state index in [0.29, 0.717) is 5.75 Å². The first kappa shape index (κ1) is 12.5. The van der Waals surface area contributed by atoms with Gasteiger partial charge in [0.15, 0.2) is 9.84 Å². The number of nitrogens with one attached hydrogen (secondary N) is 1. The molecule has 1 aliphatic rings. The van der Waals surface area contributed by atoms with Gasteiger partial charge in [-0.15, -0.1) is 0 Å². The molecule has 0 amide bonds. The van der Waals surface area contributed by atoms with E-state index in [0.717, 1.165) is 17.5 Å². The molecule has 2 atom stereocenters. The summed E-state index contributed by atoms with van der Waals surface area (Å²) in [4.78, 5) is 4.17. The summed E-state index contributed by atoms with van der Waals surface area (Å²) in [6.45, 7) is 1.99. The van der Waals surface area contributed by atoms with Crippen LogP contribution in [0.15, 0.2) is 18.5 Å². The van der Waals surface area contributed by atoms with Gasteiger partial charge in [-0.3, -0.25) is 4.98 Å². The number of rotatable bonds is 3. The number of aryl methyl sites for hydroxylation is 1. The minimum absolute atomic E-state index is 0.0830. The molecular weight excluding hydrogens is 236 g/mol. The Morgan fingerprint density at radius 2 is 2.24 bits per heavy atom. The first-order valence-corrected chi connectivity index (χ1v) is 7.63. The summed E-state index contributed by atoms with van der Waals surface area (Å²) in [5.41, 5.74) is 2.18. The van der Waals surface area contributed by atoms with E-state index in [1.807, 2.05) is 26.4 Å². The SMILES string of the molecule is CNC(c1cncc(C)c1)C1CCS(=O)(=O)C1. The first-order valence-electron chi connectivity index (χ1n) is 5.81. The zero-order chi connectivity index (χ0) is 12.5.